The number of halogens is 2. The van der Waals surface area contributed by atoms with E-state index in [1.807, 2.05) is 0 Å². The summed E-state index contributed by atoms with van der Waals surface area (Å²) in [4.78, 5) is 24.3. The maximum absolute atomic E-state index is 14.0. The Morgan fingerprint density at radius 3 is 2.85 bits per heavy atom. The molecule has 0 bridgehead atoms. The first-order valence-electron chi connectivity index (χ1n) is 8.68. The summed E-state index contributed by atoms with van der Waals surface area (Å²) in [7, 11) is 0. The highest BCUT2D eigenvalue weighted by molar-refractivity contribution is 6.31. The van der Waals surface area contributed by atoms with Crippen LogP contribution in [0.15, 0.2) is 36.4 Å². The molecule has 1 fully saturated rings. The van der Waals surface area contributed by atoms with Gasteiger partial charge in [-0.15, -0.1) is 0 Å². The molecule has 0 aromatic heterocycles. The summed E-state index contributed by atoms with van der Waals surface area (Å²) >= 11 is 6.06. The lowest BCUT2D eigenvalue weighted by Crippen LogP contribution is -2.35. The quantitative estimate of drug-likeness (QED) is 0.821. The predicted molar refractivity (Wildman–Crippen MR) is 96.4 cm³/mol. The van der Waals surface area contributed by atoms with Gasteiger partial charge in [-0.3, -0.25) is 4.79 Å². The van der Waals surface area contributed by atoms with E-state index in [0.717, 1.165) is 11.3 Å². The molecule has 5 nitrogen and oxygen atoms in total. The molecule has 2 aromatic rings. The Labute approximate surface area is 160 Å². The zero-order valence-corrected chi connectivity index (χ0v) is 15.0. The van der Waals surface area contributed by atoms with E-state index in [1.165, 1.54) is 12.1 Å². The number of amides is 1. The molecule has 2 N–H and O–H groups in total. The molecule has 2 aliphatic rings. The van der Waals surface area contributed by atoms with E-state index < -0.39 is 29.7 Å². The van der Waals surface area contributed by atoms with E-state index in [9.17, 15) is 19.1 Å². The van der Waals surface area contributed by atoms with Gasteiger partial charge >= 0.3 is 5.97 Å². The third-order valence-corrected chi connectivity index (χ3v) is 5.41. The van der Waals surface area contributed by atoms with Gasteiger partial charge < -0.3 is 15.2 Å². The van der Waals surface area contributed by atoms with Crippen molar-refractivity contribution in [2.75, 3.05) is 6.61 Å². The van der Waals surface area contributed by atoms with Gasteiger partial charge in [-0.25, -0.2) is 9.18 Å². The third kappa shape index (κ3) is 3.37. The first kappa shape index (κ1) is 17.8. The average molecular weight is 390 g/mol. The second-order valence-corrected chi connectivity index (χ2v) is 7.24. The Kier molecular flexibility index (Phi) is 4.52. The lowest BCUT2D eigenvalue weighted by Gasteiger charge is -2.16. The van der Waals surface area contributed by atoms with Crippen molar-refractivity contribution < 1.29 is 23.8 Å². The minimum absolute atomic E-state index is 0.281. The summed E-state index contributed by atoms with van der Waals surface area (Å²) in [5.41, 5.74) is 1.73. The van der Waals surface area contributed by atoms with E-state index >= 15 is 0 Å². The molecule has 4 rings (SSSR count). The molecular weight excluding hydrogens is 373 g/mol. The van der Waals surface area contributed by atoms with Crippen molar-refractivity contribution in [3.63, 3.8) is 0 Å². The van der Waals surface area contributed by atoms with Gasteiger partial charge in [0.05, 0.1) is 6.61 Å². The average Bonchev–Trinajstić information content (AvgIpc) is 3.26. The van der Waals surface area contributed by atoms with Crippen LogP contribution in [0.25, 0.3) is 0 Å². The summed E-state index contributed by atoms with van der Waals surface area (Å²) in [6.45, 7) is 0.566. The van der Waals surface area contributed by atoms with Crippen molar-refractivity contribution >= 4 is 23.5 Å². The number of hydrogen-bond donors (Lipinski definition) is 2. The summed E-state index contributed by atoms with van der Waals surface area (Å²) in [6.07, 6.45) is 1.15. The largest absolute Gasteiger partial charge is 0.493 e. The van der Waals surface area contributed by atoms with Gasteiger partial charge in [-0.2, -0.15) is 0 Å². The van der Waals surface area contributed by atoms with Gasteiger partial charge in [0.25, 0.3) is 0 Å². The number of carbonyl (C=O) groups is 2. The molecule has 140 valence electrons. The van der Waals surface area contributed by atoms with Crippen LogP contribution >= 0.6 is 11.6 Å². The molecule has 1 heterocycles. The molecule has 27 heavy (non-hydrogen) atoms. The number of rotatable bonds is 5. The van der Waals surface area contributed by atoms with Crippen LogP contribution in [0, 0.1) is 11.7 Å². The van der Waals surface area contributed by atoms with Crippen LogP contribution in [0.2, 0.25) is 5.02 Å². The van der Waals surface area contributed by atoms with E-state index in [4.69, 9.17) is 16.3 Å². The van der Waals surface area contributed by atoms with Gasteiger partial charge in [-0.05, 0) is 41.8 Å². The fourth-order valence-electron chi connectivity index (χ4n) is 3.59. The minimum atomic E-state index is -1.17. The lowest BCUT2D eigenvalue weighted by atomic mass is 10.0. The normalized spacial score (nSPS) is 21.1. The number of carboxylic acid groups (broad SMARTS) is 1. The Morgan fingerprint density at radius 1 is 1.30 bits per heavy atom. The van der Waals surface area contributed by atoms with E-state index in [0.29, 0.717) is 30.6 Å². The molecular formula is C20H17ClFNO4. The first-order chi connectivity index (χ1) is 13.0. The van der Waals surface area contributed by atoms with Gasteiger partial charge in [-0.1, -0.05) is 23.7 Å². The standard InChI is InChI=1S/C20H17ClFNO4/c21-14-2-1-3-15(22)17(14)12-9-13(12)19(24)23-18(20(25)26)11-4-5-16-10(8-11)6-7-27-16/h1-5,8,12-13,18H,6-7,9H2,(H,23,24)(H,25,26). The summed E-state index contributed by atoms with van der Waals surface area (Å²) in [5, 5.41) is 12.4. The second-order valence-electron chi connectivity index (χ2n) is 6.83. The minimum Gasteiger partial charge on any atom is -0.493 e. The number of carboxylic acids is 1. The van der Waals surface area contributed by atoms with Crippen molar-refractivity contribution in [3.05, 3.63) is 63.9 Å². The van der Waals surface area contributed by atoms with Crippen LogP contribution in [0.4, 0.5) is 4.39 Å². The summed E-state index contributed by atoms with van der Waals surface area (Å²) in [6, 6.07) is 8.35. The summed E-state index contributed by atoms with van der Waals surface area (Å²) < 4.78 is 19.5. The zero-order valence-electron chi connectivity index (χ0n) is 14.2. The lowest BCUT2D eigenvalue weighted by molar-refractivity contribution is -0.142. The van der Waals surface area contributed by atoms with Crippen LogP contribution < -0.4 is 10.1 Å². The number of carbonyl (C=O) groups excluding carboxylic acids is 1. The highest BCUT2D eigenvalue weighted by Crippen LogP contribution is 2.50. The highest BCUT2D eigenvalue weighted by Gasteiger charge is 2.47. The molecule has 3 unspecified atom stereocenters. The van der Waals surface area contributed by atoms with Crippen molar-refractivity contribution in [1.29, 1.82) is 0 Å². The SMILES string of the molecule is O=C(O)C(NC(=O)C1CC1c1c(F)cccc1Cl)c1ccc2c(c1)CCO2. The Balaban J connectivity index is 1.50. The Morgan fingerprint density at radius 2 is 2.11 bits per heavy atom. The van der Waals surface area contributed by atoms with Crippen LogP contribution in [0.1, 0.15) is 35.1 Å². The highest BCUT2D eigenvalue weighted by atomic mass is 35.5. The molecule has 1 aliphatic carbocycles. The maximum atomic E-state index is 14.0. The van der Waals surface area contributed by atoms with Crippen molar-refractivity contribution in [2.24, 2.45) is 5.92 Å². The molecule has 1 amide bonds. The summed E-state index contributed by atoms with van der Waals surface area (Å²) in [5.74, 6) is -2.09. The van der Waals surface area contributed by atoms with Crippen LogP contribution in [-0.2, 0) is 16.0 Å². The molecule has 1 aliphatic heterocycles. The Hall–Kier alpha value is -2.60. The molecule has 1 saturated carbocycles. The Bertz CT molecular complexity index is 912. The molecule has 7 heteroatoms. The fraction of sp³-hybridized carbons (Fsp3) is 0.300. The maximum Gasteiger partial charge on any atom is 0.330 e. The fourth-order valence-corrected chi connectivity index (χ4v) is 3.89. The number of ether oxygens (including phenoxy) is 1. The third-order valence-electron chi connectivity index (χ3n) is 5.08. The molecule has 0 spiro atoms. The number of nitrogens with one attached hydrogen (secondary N) is 1. The van der Waals surface area contributed by atoms with E-state index in [2.05, 4.69) is 5.32 Å². The van der Waals surface area contributed by atoms with Crippen molar-refractivity contribution in [2.45, 2.75) is 24.8 Å². The van der Waals surface area contributed by atoms with Crippen LogP contribution in [-0.4, -0.2) is 23.6 Å². The van der Waals surface area contributed by atoms with E-state index in [1.54, 1.807) is 24.3 Å². The monoisotopic (exact) mass is 389 g/mol. The smallest absolute Gasteiger partial charge is 0.330 e. The number of benzene rings is 2. The number of fused-ring (bicyclic) bond motifs is 1. The number of hydrogen-bond acceptors (Lipinski definition) is 3. The molecule has 3 atom stereocenters. The second kappa shape index (κ2) is 6.85. The van der Waals surface area contributed by atoms with E-state index in [-0.39, 0.29) is 10.9 Å². The molecule has 2 aromatic carbocycles. The zero-order chi connectivity index (χ0) is 19.1. The van der Waals surface area contributed by atoms with Crippen molar-refractivity contribution in [3.8, 4) is 5.75 Å². The van der Waals surface area contributed by atoms with Gasteiger partial charge in [0.15, 0.2) is 6.04 Å². The van der Waals surface area contributed by atoms with Gasteiger partial charge in [0.2, 0.25) is 5.91 Å². The first-order valence-corrected chi connectivity index (χ1v) is 9.06. The van der Waals surface area contributed by atoms with Crippen molar-refractivity contribution in [1.82, 2.24) is 5.32 Å². The number of aliphatic carboxylic acids is 1. The predicted octanol–water partition coefficient (Wildman–Crippen LogP) is 3.46. The van der Waals surface area contributed by atoms with Gasteiger partial charge in [0.1, 0.15) is 11.6 Å². The molecule has 0 radical (unpaired) electrons. The molecule has 0 saturated heterocycles. The topological polar surface area (TPSA) is 75.6 Å². The van der Waals surface area contributed by atoms with Gasteiger partial charge in [0, 0.05) is 28.8 Å². The van der Waals surface area contributed by atoms with Crippen LogP contribution in [0.3, 0.4) is 0 Å². The van der Waals surface area contributed by atoms with Crippen LogP contribution in [0.5, 0.6) is 5.75 Å².